The second kappa shape index (κ2) is 15.9. The summed E-state index contributed by atoms with van der Waals surface area (Å²) in [5, 5.41) is 0. The number of alkyl halides is 6. The van der Waals surface area contributed by atoms with Crippen LogP contribution < -0.4 is 0 Å². The number of halogens is 7. The SMILES string of the molecule is CCCCP(CCCC)(CCCC)(CCCCCCCC[Si](C)(C)Cl)N(S(=O)(=O)C(F)(F)F)S(=O)(=O)C(F)(F)F. The van der Waals surface area contributed by atoms with Gasteiger partial charge in [-0.2, -0.15) is 0 Å². The fraction of sp³-hybridized carbons (Fsp3) is 1.00. The first-order valence-corrected chi connectivity index (χ1v) is 24.2. The predicted octanol–water partition coefficient (Wildman–Crippen LogP) is 9.64. The molecule has 0 saturated carbocycles. The van der Waals surface area contributed by atoms with Crippen LogP contribution in [0.4, 0.5) is 26.3 Å². The maximum absolute atomic E-state index is 14.1. The van der Waals surface area contributed by atoms with Crippen molar-refractivity contribution >= 4 is 45.3 Å². The Kier molecular flexibility index (Phi) is 16.1. The molecule has 0 heterocycles. The molecule has 0 unspecified atom stereocenters. The number of rotatable bonds is 21. The van der Waals surface area contributed by atoms with Gasteiger partial charge in [0.1, 0.15) is 0 Å². The van der Waals surface area contributed by atoms with Crippen LogP contribution in [0.25, 0.3) is 0 Å². The van der Waals surface area contributed by atoms with Crippen molar-refractivity contribution in [1.82, 2.24) is 3.48 Å². The summed E-state index contributed by atoms with van der Waals surface area (Å²) in [4.78, 5) is 0. The van der Waals surface area contributed by atoms with Crippen molar-refractivity contribution in [1.29, 1.82) is 0 Å². The van der Waals surface area contributed by atoms with Gasteiger partial charge in [0.2, 0.25) is 0 Å². The zero-order chi connectivity index (χ0) is 31.5. The Morgan fingerprint density at radius 1 is 0.600 bits per heavy atom. The number of sulfonamides is 2. The fourth-order valence-corrected chi connectivity index (χ4v) is 22.6. The van der Waals surface area contributed by atoms with Crippen LogP contribution in [0.5, 0.6) is 0 Å². The Morgan fingerprint density at radius 2 is 0.900 bits per heavy atom. The van der Waals surface area contributed by atoms with Crippen LogP contribution in [-0.4, -0.2) is 63.4 Å². The Balaban J connectivity index is 6.95. The van der Waals surface area contributed by atoms with Gasteiger partial charge < -0.3 is 0 Å². The molecule has 0 aromatic carbocycles. The topological polar surface area (TPSA) is 71.5 Å². The molecule has 5 nitrogen and oxygen atoms in total. The molecular formula is C24H49ClF6NO4PS2Si. The van der Waals surface area contributed by atoms with E-state index in [4.69, 9.17) is 11.1 Å². The van der Waals surface area contributed by atoms with E-state index >= 15 is 0 Å². The normalized spacial score (nSPS) is 15.4. The summed E-state index contributed by atoms with van der Waals surface area (Å²) in [6, 6.07) is 0.926. The predicted molar refractivity (Wildman–Crippen MR) is 159 cm³/mol. The van der Waals surface area contributed by atoms with Gasteiger partial charge >= 0.3 is 245 Å². The van der Waals surface area contributed by atoms with Gasteiger partial charge in [-0.05, 0) is 0 Å². The molecule has 0 aliphatic carbocycles. The quantitative estimate of drug-likeness (QED) is 0.0396. The molecule has 0 saturated heterocycles. The molecule has 0 aliphatic rings. The zero-order valence-corrected chi connectivity index (χ0v) is 28.8. The second-order valence-corrected chi connectivity index (χ2v) is 28.9. The Hall–Kier alpha value is 0.377. The molecule has 0 aliphatic heterocycles. The van der Waals surface area contributed by atoms with Gasteiger partial charge in [0, 0.05) is 0 Å². The van der Waals surface area contributed by atoms with Crippen molar-refractivity contribution in [2.24, 2.45) is 0 Å². The third kappa shape index (κ3) is 10.8. The summed E-state index contributed by atoms with van der Waals surface area (Å²) in [5.41, 5.74) is -12.4. The molecule has 0 rings (SSSR count). The Labute approximate surface area is 244 Å². The van der Waals surface area contributed by atoms with Gasteiger partial charge in [-0.1, -0.05) is 0 Å². The van der Waals surface area contributed by atoms with E-state index in [9.17, 15) is 43.2 Å². The minimum atomic E-state index is -6.88. The monoisotopic (exact) mass is 687 g/mol. The van der Waals surface area contributed by atoms with Crippen molar-refractivity contribution < 1.29 is 43.2 Å². The van der Waals surface area contributed by atoms with E-state index in [2.05, 4.69) is 0 Å². The summed E-state index contributed by atoms with van der Waals surface area (Å²) in [6.07, 6.45) is 4.18. The number of nitrogens with zero attached hydrogens (tertiary/aromatic N) is 1. The molecule has 0 atom stereocenters. The number of unbranched alkanes of at least 4 members (excludes halogenated alkanes) is 8. The van der Waals surface area contributed by atoms with E-state index < -0.39 is 48.7 Å². The number of hydrogen-bond acceptors (Lipinski definition) is 4. The van der Waals surface area contributed by atoms with E-state index in [1.807, 2.05) is 13.1 Å². The van der Waals surface area contributed by atoms with E-state index in [-0.39, 0.29) is 50.3 Å². The van der Waals surface area contributed by atoms with Crippen LogP contribution >= 0.6 is 17.8 Å². The molecule has 0 fully saturated rings. The van der Waals surface area contributed by atoms with Crippen LogP contribution in [0, 0.1) is 0 Å². The summed E-state index contributed by atoms with van der Waals surface area (Å²) in [6.45, 7) is 4.20. The molecule has 16 heteroatoms. The Morgan fingerprint density at radius 3 is 1.20 bits per heavy atom. The average molecular weight is 688 g/mol. The average Bonchev–Trinajstić information content (AvgIpc) is 2.79. The molecule has 0 aromatic rings. The van der Waals surface area contributed by atoms with Gasteiger partial charge in [-0.25, -0.2) is 0 Å². The van der Waals surface area contributed by atoms with Crippen LogP contribution in [0.3, 0.4) is 0 Å². The molecule has 0 spiro atoms. The third-order valence-electron chi connectivity index (χ3n) is 7.47. The third-order valence-corrected chi connectivity index (χ3v) is 23.6. The van der Waals surface area contributed by atoms with E-state index in [1.165, 1.54) is 0 Å². The zero-order valence-electron chi connectivity index (χ0n) is 24.5. The van der Waals surface area contributed by atoms with Crippen molar-refractivity contribution in [3.05, 3.63) is 0 Å². The molecule has 244 valence electrons. The van der Waals surface area contributed by atoms with Crippen molar-refractivity contribution in [2.45, 2.75) is 128 Å². The van der Waals surface area contributed by atoms with E-state index in [0.717, 1.165) is 25.3 Å². The summed E-state index contributed by atoms with van der Waals surface area (Å²) >= 11 is 6.33. The van der Waals surface area contributed by atoms with Gasteiger partial charge in [-0.15, -0.1) is 0 Å². The van der Waals surface area contributed by atoms with Crippen LogP contribution in [0.15, 0.2) is 0 Å². The molecule has 0 bridgehead atoms. The van der Waals surface area contributed by atoms with Crippen molar-refractivity contribution in [3.63, 3.8) is 0 Å². The standard InChI is InChI=1S/C24H49ClF6NO4PS2Si/c1-6-9-18-37(19-10-7-2,20-11-8-3,21-16-14-12-13-15-17-22-40(4,5)25)32(38(33,34)23(26,27)28)39(35,36)24(29,30)31/h6-22H2,1-5H3. The molecule has 0 N–H and O–H groups in total. The van der Waals surface area contributed by atoms with Crippen LogP contribution in [-0.2, 0) is 20.0 Å². The van der Waals surface area contributed by atoms with Gasteiger partial charge in [0.15, 0.2) is 0 Å². The molecule has 0 aromatic heterocycles. The van der Waals surface area contributed by atoms with Gasteiger partial charge in [0.05, 0.1) is 0 Å². The second-order valence-electron chi connectivity index (χ2n) is 11.5. The summed E-state index contributed by atoms with van der Waals surface area (Å²) < 4.78 is 136. The first-order chi connectivity index (χ1) is 18.1. The van der Waals surface area contributed by atoms with Crippen LogP contribution in [0.1, 0.15) is 97.8 Å². The molecular weight excluding hydrogens is 639 g/mol. The summed E-state index contributed by atoms with van der Waals surface area (Å²) in [5.74, 6) is 0. The fourth-order valence-electron chi connectivity index (χ4n) is 5.37. The first kappa shape index (κ1) is 40.4. The van der Waals surface area contributed by atoms with Crippen LogP contribution in [0.2, 0.25) is 19.1 Å². The van der Waals surface area contributed by atoms with Crippen molar-refractivity contribution in [2.75, 3.05) is 24.6 Å². The van der Waals surface area contributed by atoms with E-state index in [0.29, 0.717) is 32.1 Å². The van der Waals surface area contributed by atoms with Gasteiger partial charge in [-0.3, -0.25) is 0 Å². The van der Waals surface area contributed by atoms with E-state index in [1.54, 1.807) is 20.8 Å². The first-order valence-electron chi connectivity index (χ1n) is 14.2. The van der Waals surface area contributed by atoms with Gasteiger partial charge in [0.25, 0.3) is 0 Å². The minimum absolute atomic E-state index is 0.126. The molecule has 40 heavy (non-hydrogen) atoms. The van der Waals surface area contributed by atoms with Crippen molar-refractivity contribution in [3.8, 4) is 0 Å². The maximum atomic E-state index is 14.1. The Bertz CT molecular complexity index is 905. The molecule has 0 radical (unpaired) electrons. The number of hydrogen-bond donors (Lipinski definition) is 0. The summed E-state index contributed by atoms with van der Waals surface area (Å²) in [7, 11) is -15.5. The molecule has 0 amide bonds.